The highest BCUT2D eigenvalue weighted by atomic mass is 16.6. The van der Waals surface area contributed by atoms with E-state index >= 15 is 0 Å². The van der Waals surface area contributed by atoms with Gasteiger partial charge in [0.05, 0.1) is 13.0 Å². The van der Waals surface area contributed by atoms with Gasteiger partial charge in [-0.05, 0) is 63.3 Å². The third-order valence-corrected chi connectivity index (χ3v) is 6.80. The van der Waals surface area contributed by atoms with E-state index in [2.05, 4.69) is 16.6 Å². The van der Waals surface area contributed by atoms with E-state index in [1.165, 1.54) is 0 Å². The number of hydrogen-bond donors (Lipinski definition) is 2. The van der Waals surface area contributed by atoms with Gasteiger partial charge in [0, 0.05) is 24.6 Å². The fourth-order valence-electron chi connectivity index (χ4n) is 4.67. The number of alkyl carbamates (subject to hydrolysis) is 1. The van der Waals surface area contributed by atoms with Crippen LogP contribution in [0.3, 0.4) is 0 Å². The SMILES string of the molecule is C#Cc1ccc(C(C(=O)NCCC(=O)OCC)N(C(=O)C(Cc2ccccc2)NC(=O)OC(C)(C)C)C2CC2C)cc1. The monoisotopic (exact) mass is 575 g/mol. The molecule has 1 saturated carbocycles. The van der Waals surface area contributed by atoms with Crippen LogP contribution in [-0.4, -0.2) is 59.6 Å². The van der Waals surface area contributed by atoms with Crippen molar-refractivity contribution in [3.05, 3.63) is 71.3 Å². The van der Waals surface area contributed by atoms with Crippen LogP contribution < -0.4 is 10.6 Å². The summed E-state index contributed by atoms with van der Waals surface area (Å²) in [6.07, 6.45) is 5.72. The lowest BCUT2D eigenvalue weighted by Crippen LogP contribution is -2.54. The molecule has 4 atom stereocenters. The Balaban J connectivity index is 1.99. The molecule has 42 heavy (non-hydrogen) atoms. The minimum atomic E-state index is -1.03. The number of amides is 3. The third kappa shape index (κ3) is 9.37. The van der Waals surface area contributed by atoms with Crippen LogP contribution in [0.25, 0.3) is 0 Å². The lowest BCUT2D eigenvalue weighted by atomic mass is 9.99. The Bertz CT molecular complexity index is 1280. The van der Waals surface area contributed by atoms with E-state index in [1.807, 2.05) is 37.3 Å². The number of benzene rings is 2. The molecule has 4 unspecified atom stereocenters. The van der Waals surface area contributed by atoms with Crippen molar-refractivity contribution in [1.82, 2.24) is 15.5 Å². The summed E-state index contributed by atoms with van der Waals surface area (Å²) in [5, 5.41) is 5.57. The zero-order valence-electron chi connectivity index (χ0n) is 25.0. The van der Waals surface area contributed by atoms with Gasteiger partial charge in [-0.3, -0.25) is 14.4 Å². The van der Waals surface area contributed by atoms with E-state index < -0.39 is 41.6 Å². The number of carbonyl (C=O) groups excluding carboxylic acids is 4. The maximum atomic E-state index is 14.5. The van der Waals surface area contributed by atoms with Gasteiger partial charge in [-0.15, -0.1) is 6.42 Å². The Morgan fingerprint density at radius 2 is 1.71 bits per heavy atom. The molecule has 1 fully saturated rings. The fourth-order valence-corrected chi connectivity index (χ4v) is 4.67. The van der Waals surface area contributed by atoms with E-state index in [0.29, 0.717) is 17.5 Å². The van der Waals surface area contributed by atoms with Gasteiger partial charge in [-0.2, -0.15) is 0 Å². The van der Waals surface area contributed by atoms with Crippen LogP contribution in [-0.2, 0) is 30.3 Å². The van der Waals surface area contributed by atoms with Crippen LogP contribution >= 0.6 is 0 Å². The van der Waals surface area contributed by atoms with Crippen LogP contribution in [0.4, 0.5) is 4.79 Å². The summed E-state index contributed by atoms with van der Waals surface area (Å²) in [5.41, 5.74) is 1.26. The number of esters is 1. The molecular formula is C33H41N3O6. The Labute approximate surface area is 248 Å². The number of ether oxygens (including phenoxy) is 2. The molecule has 0 saturated heterocycles. The van der Waals surface area contributed by atoms with E-state index in [4.69, 9.17) is 15.9 Å². The standard InChI is InChI=1S/C33H41N3O6/c1-7-23-14-16-25(17-15-23)29(30(38)34-19-18-28(37)41-8-2)36(27-20-22(27)3)31(39)26(21-24-12-10-9-11-13-24)35-32(40)42-33(4,5)6/h1,9-17,22,26-27,29H,8,18-21H2,2-6H3,(H,34,38)(H,35,40). The first kappa shape index (κ1) is 32.2. The number of hydrogen-bond acceptors (Lipinski definition) is 6. The molecule has 3 amide bonds. The highest BCUT2D eigenvalue weighted by molar-refractivity contribution is 5.93. The molecule has 2 aromatic rings. The summed E-state index contributed by atoms with van der Waals surface area (Å²) in [6, 6.07) is 14.0. The van der Waals surface area contributed by atoms with Gasteiger partial charge in [0.25, 0.3) is 0 Å². The molecule has 0 aromatic heterocycles. The topological polar surface area (TPSA) is 114 Å². The molecule has 3 rings (SSSR count). The highest BCUT2D eigenvalue weighted by Gasteiger charge is 2.48. The first-order chi connectivity index (χ1) is 19.9. The normalized spacial score (nSPS) is 17.1. The molecule has 0 heterocycles. The largest absolute Gasteiger partial charge is 0.466 e. The van der Waals surface area contributed by atoms with Crippen LogP contribution in [0, 0.1) is 18.3 Å². The predicted molar refractivity (Wildman–Crippen MR) is 159 cm³/mol. The average Bonchev–Trinajstić information content (AvgIpc) is 3.66. The first-order valence-corrected chi connectivity index (χ1v) is 14.3. The highest BCUT2D eigenvalue weighted by Crippen LogP contribution is 2.41. The van der Waals surface area contributed by atoms with Gasteiger partial charge >= 0.3 is 12.1 Å². The van der Waals surface area contributed by atoms with Crippen LogP contribution in [0.15, 0.2) is 54.6 Å². The van der Waals surface area contributed by atoms with Crippen molar-refractivity contribution in [2.75, 3.05) is 13.2 Å². The summed E-state index contributed by atoms with van der Waals surface area (Å²) in [7, 11) is 0. The lowest BCUT2D eigenvalue weighted by Gasteiger charge is -2.35. The maximum absolute atomic E-state index is 14.5. The van der Waals surface area contributed by atoms with Gasteiger partial charge in [0.15, 0.2) is 0 Å². The van der Waals surface area contributed by atoms with Crippen molar-refractivity contribution in [3.63, 3.8) is 0 Å². The van der Waals surface area contributed by atoms with Crippen molar-refractivity contribution in [2.24, 2.45) is 5.92 Å². The smallest absolute Gasteiger partial charge is 0.408 e. The summed E-state index contributed by atoms with van der Waals surface area (Å²) < 4.78 is 10.5. The van der Waals surface area contributed by atoms with Crippen molar-refractivity contribution >= 4 is 23.9 Å². The fraction of sp³-hybridized carbons (Fsp3) is 0.455. The molecule has 0 spiro atoms. The summed E-state index contributed by atoms with van der Waals surface area (Å²) >= 11 is 0. The molecular weight excluding hydrogens is 534 g/mol. The summed E-state index contributed by atoms with van der Waals surface area (Å²) in [5.74, 6) is 1.42. The third-order valence-electron chi connectivity index (χ3n) is 6.80. The molecule has 0 bridgehead atoms. The van der Waals surface area contributed by atoms with Gasteiger partial charge in [-0.1, -0.05) is 55.3 Å². The average molecular weight is 576 g/mol. The zero-order chi connectivity index (χ0) is 30.9. The number of rotatable bonds is 12. The Hall–Kier alpha value is -4.32. The van der Waals surface area contributed by atoms with E-state index in [1.54, 1.807) is 56.9 Å². The molecule has 9 nitrogen and oxygen atoms in total. The molecule has 2 aromatic carbocycles. The van der Waals surface area contributed by atoms with Crippen LogP contribution in [0.5, 0.6) is 0 Å². The zero-order valence-corrected chi connectivity index (χ0v) is 25.0. The van der Waals surface area contributed by atoms with Crippen molar-refractivity contribution < 1.29 is 28.7 Å². The minimum Gasteiger partial charge on any atom is -0.466 e. The number of nitrogens with one attached hydrogen (secondary N) is 2. The first-order valence-electron chi connectivity index (χ1n) is 14.3. The number of carbonyl (C=O) groups is 4. The second kappa shape index (κ2) is 14.5. The second-order valence-corrected chi connectivity index (χ2v) is 11.4. The lowest BCUT2D eigenvalue weighted by molar-refractivity contribution is -0.145. The molecule has 1 aliphatic rings. The van der Waals surface area contributed by atoms with E-state index in [-0.39, 0.29) is 38.0 Å². The van der Waals surface area contributed by atoms with E-state index in [0.717, 1.165) is 5.56 Å². The second-order valence-electron chi connectivity index (χ2n) is 11.4. The van der Waals surface area contributed by atoms with Gasteiger partial charge < -0.3 is 25.0 Å². The van der Waals surface area contributed by atoms with Crippen molar-refractivity contribution in [2.45, 2.75) is 77.6 Å². The molecule has 9 heteroatoms. The van der Waals surface area contributed by atoms with E-state index in [9.17, 15) is 19.2 Å². The molecule has 2 N–H and O–H groups in total. The van der Waals surface area contributed by atoms with Crippen LogP contribution in [0.2, 0.25) is 0 Å². The van der Waals surface area contributed by atoms with Crippen molar-refractivity contribution in [1.29, 1.82) is 0 Å². The Morgan fingerprint density at radius 3 is 2.26 bits per heavy atom. The summed E-state index contributed by atoms with van der Waals surface area (Å²) in [4.78, 5) is 54.6. The number of nitrogens with zero attached hydrogens (tertiary/aromatic N) is 1. The van der Waals surface area contributed by atoms with Gasteiger partial charge in [0.1, 0.15) is 17.7 Å². The quantitative estimate of drug-likeness (QED) is 0.290. The Morgan fingerprint density at radius 1 is 1.07 bits per heavy atom. The Kier molecular flexibility index (Phi) is 11.1. The summed E-state index contributed by atoms with van der Waals surface area (Å²) in [6.45, 7) is 9.24. The molecule has 224 valence electrons. The molecule has 0 radical (unpaired) electrons. The van der Waals surface area contributed by atoms with Gasteiger partial charge in [0.2, 0.25) is 11.8 Å². The molecule has 1 aliphatic carbocycles. The molecule has 0 aliphatic heterocycles. The van der Waals surface area contributed by atoms with Crippen molar-refractivity contribution in [3.8, 4) is 12.3 Å². The number of terminal acetylenes is 1. The van der Waals surface area contributed by atoms with Gasteiger partial charge in [-0.25, -0.2) is 4.79 Å². The van der Waals surface area contributed by atoms with Crippen LogP contribution in [0.1, 0.15) is 70.2 Å². The maximum Gasteiger partial charge on any atom is 0.408 e. The minimum absolute atomic E-state index is 0.00700. The predicted octanol–water partition coefficient (Wildman–Crippen LogP) is 4.15.